The molecule has 1 aromatic rings. The molecule has 2 N–H and O–H groups in total. The predicted molar refractivity (Wildman–Crippen MR) is 71.2 cm³/mol. The van der Waals surface area contributed by atoms with Gasteiger partial charge in [-0.05, 0) is 12.5 Å². The van der Waals surface area contributed by atoms with Crippen LogP contribution >= 0.6 is 0 Å². The molecule has 7 heteroatoms. The maximum atomic E-state index is 11.8. The van der Waals surface area contributed by atoms with Gasteiger partial charge in [0.2, 0.25) is 0 Å². The molecule has 0 bridgehead atoms. The van der Waals surface area contributed by atoms with Crippen LogP contribution in [0.5, 0.6) is 5.75 Å². The number of nitrogens with zero attached hydrogens (tertiary/aromatic N) is 1. The molecule has 1 unspecified atom stereocenters. The van der Waals surface area contributed by atoms with E-state index >= 15 is 0 Å². The Kier molecular flexibility index (Phi) is 5.27. The van der Waals surface area contributed by atoms with E-state index in [-0.39, 0.29) is 22.4 Å². The highest BCUT2D eigenvalue weighted by Crippen LogP contribution is 2.34. The minimum absolute atomic E-state index is 0.0581. The summed E-state index contributed by atoms with van der Waals surface area (Å²) in [5.41, 5.74) is -0.141. The van der Waals surface area contributed by atoms with Gasteiger partial charge >= 0.3 is 11.9 Å². The minimum atomic E-state index is -1.70. The Morgan fingerprint density at radius 3 is 2.43 bits per heavy atom. The molecule has 7 nitrogen and oxygen atoms in total. The second-order valence-corrected chi connectivity index (χ2v) is 4.08. The normalized spacial score (nSPS) is 11.4. The quantitative estimate of drug-likeness (QED) is 0.620. The monoisotopic (exact) mass is 293 g/mol. The van der Waals surface area contributed by atoms with Crippen LogP contribution in [0, 0.1) is 11.3 Å². The Morgan fingerprint density at radius 1 is 1.43 bits per heavy atom. The second kappa shape index (κ2) is 6.72. The first-order chi connectivity index (χ1) is 9.92. The van der Waals surface area contributed by atoms with Crippen molar-refractivity contribution in [1.29, 1.82) is 5.26 Å². The standard InChI is InChI=1S/C14H15NO6/c1-4-7-8(14(19)21-3)5-9(10(16)6-15)11(13(17)18)12(7)20-2/h5,10,16H,4H2,1-3H3,(H,17,18). The lowest BCUT2D eigenvalue weighted by Crippen LogP contribution is -2.15. The van der Waals surface area contributed by atoms with Crippen molar-refractivity contribution in [1.82, 2.24) is 0 Å². The van der Waals surface area contributed by atoms with Crippen LogP contribution in [0.4, 0.5) is 0 Å². The van der Waals surface area contributed by atoms with Gasteiger partial charge in [0.05, 0.1) is 25.9 Å². The summed E-state index contributed by atoms with van der Waals surface area (Å²) >= 11 is 0. The molecule has 112 valence electrons. The molecule has 0 spiro atoms. The average molecular weight is 293 g/mol. The van der Waals surface area contributed by atoms with Gasteiger partial charge < -0.3 is 19.7 Å². The number of ether oxygens (including phenoxy) is 2. The van der Waals surface area contributed by atoms with Gasteiger partial charge in [-0.15, -0.1) is 0 Å². The molecule has 0 radical (unpaired) electrons. The Morgan fingerprint density at radius 2 is 2.05 bits per heavy atom. The van der Waals surface area contributed by atoms with Crippen LogP contribution in [0.15, 0.2) is 6.07 Å². The van der Waals surface area contributed by atoms with Crippen molar-refractivity contribution in [3.63, 3.8) is 0 Å². The number of carboxylic acid groups (broad SMARTS) is 1. The number of carbonyl (C=O) groups is 2. The zero-order valence-corrected chi connectivity index (χ0v) is 11.8. The lowest BCUT2D eigenvalue weighted by molar-refractivity contribution is 0.0595. The van der Waals surface area contributed by atoms with Gasteiger partial charge in [-0.3, -0.25) is 0 Å². The first-order valence-corrected chi connectivity index (χ1v) is 6.05. The number of aliphatic hydroxyl groups excluding tert-OH is 1. The van der Waals surface area contributed by atoms with Crippen molar-refractivity contribution in [2.45, 2.75) is 19.4 Å². The van der Waals surface area contributed by atoms with Crippen LogP contribution in [0.3, 0.4) is 0 Å². The summed E-state index contributed by atoms with van der Waals surface area (Å²) in [5, 5.41) is 27.8. The highest BCUT2D eigenvalue weighted by atomic mass is 16.5. The molecule has 0 fully saturated rings. The third-order valence-corrected chi connectivity index (χ3v) is 3.01. The number of carbonyl (C=O) groups excluding carboxylic acids is 1. The lowest BCUT2D eigenvalue weighted by Gasteiger charge is -2.18. The molecule has 0 aromatic heterocycles. The number of hydrogen-bond donors (Lipinski definition) is 2. The first kappa shape index (κ1) is 16.5. The smallest absolute Gasteiger partial charge is 0.339 e. The van der Waals surface area contributed by atoms with Crippen LogP contribution in [0.2, 0.25) is 0 Å². The number of methoxy groups -OCH3 is 2. The van der Waals surface area contributed by atoms with Crippen LogP contribution in [0.1, 0.15) is 44.9 Å². The molecule has 21 heavy (non-hydrogen) atoms. The van der Waals surface area contributed by atoms with E-state index in [1.807, 2.05) is 0 Å². The van der Waals surface area contributed by atoms with Crippen LogP contribution in [-0.4, -0.2) is 36.4 Å². The van der Waals surface area contributed by atoms with E-state index in [1.165, 1.54) is 20.3 Å². The first-order valence-electron chi connectivity index (χ1n) is 6.05. The van der Waals surface area contributed by atoms with Crippen molar-refractivity contribution in [3.8, 4) is 11.8 Å². The summed E-state index contributed by atoms with van der Waals surface area (Å²) in [4.78, 5) is 23.2. The highest BCUT2D eigenvalue weighted by Gasteiger charge is 2.28. The van der Waals surface area contributed by atoms with E-state index in [4.69, 9.17) is 10.00 Å². The molecule has 0 aliphatic carbocycles. The van der Waals surface area contributed by atoms with Gasteiger partial charge in [-0.2, -0.15) is 5.26 Å². The highest BCUT2D eigenvalue weighted by molar-refractivity contribution is 5.99. The van der Waals surface area contributed by atoms with Gasteiger partial charge in [-0.1, -0.05) is 6.92 Å². The molecule has 0 saturated carbocycles. The summed E-state index contributed by atoms with van der Waals surface area (Å²) in [6.45, 7) is 1.72. The Hall–Kier alpha value is -2.59. The number of hydrogen-bond acceptors (Lipinski definition) is 6. The number of rotatable bonds is 5. The molecule has 0 aliphatic rings. The van der Waals surface area contributed by atoms with Crippen molar-refractivity contribution in [3.05, 3.63) is 28.3 Å². The van der Waals surface area contributed by atoms with Gasteiger partial charge in [0.1, 0.15) is 11.3 Å². The van der Waals surface area contributed by atoms with Crippen molar-refractivity contribution in [2.75, 3.05) is 14.2 Å². The number of benzene rings is 1. The van der Waals surface area contributed by atoms with Gasteiger partial charge in [0.25, 0.3) is 0 Å². The maximum Gasteiger partial charge on any atom is 0.339 e. The van der Waals surface area contributed by atoms with Crippen molar-refractivity contribution < 1.29 is 29.3 Å². The van der Waals surface area contributed by atoms with E-state index in [1.54, 1.807) is 6.92 Å². The zero-order chi connectivity index (χ0) is 16.2. The Balaban J connectivity index is 3.84. The fourth-order valence-corrected chi connectivity index (χ4v) is 2.09. The van der Waals surface area contributed by atoms with E-state index in [0.29, 0.717) is 12.0 Å². The lowest BCUT2D eigenvalue weighted by atomic mass is 9.92. The van der Waals surface area contributed by atoms with E-state index in [9.17, 15) is 19.8 Å². The largest absolute Gasteiger partial charge is 0.496 e. The van der Waals surface area contributed by atoms with Gasteiger partial charge in [0.15, 0.2) is 6.10 Å². The summed E-state index contributed by atoms with van der Waals surface area (Å²) in [6, 6.07) is 2.69. The van der Waals surface area contributed by atoms with Gasteiger partial charge in [-0.25, -0.2) is 9.59 Å². The van der Waals surface area contributed by atoms with E-state index in [0.717, 1.165) is 6.07 Å². The molecule has 0 saturated heterocycles. The van der Waals surface area contributed by atoms with Crippen LogP contribution in [0.25, 0.3) is 0 Å². The third kappa shape index (κ3) is 2.95. The molecular formula is C14H15NO6. The summed E-state index contributed by atoms with van der Waals surface area (Å²) < 4.78 is 9.73. The van der Waals surface area contributed by atoms with Crippen LogP contribution in [-0.2, 0) is 11.2 Å². The molecule has 1 rings (SSSR count). The minimum Gasteiger partial charge on any atom is -0.496 e. The number of esters is 1. The molecule has 0 amide bonds. The third-order valence-electron chi connectivity index (χ3n) is 3.01. The number of aliphatic hydroxyl groups is 1. The predicted octanol–water partition coefficient (Wildman–Crippen LogP) is 1.30. The van der Waals surface area contributed by atoms with Crippen LogP contribution < -0.4 is 4.74 Å². The van der Waals surface area contributed by atoms with Crippen molar-refractivity contribution >= 4 is 11.9 Å². The average Bonchev–Trinajstić information content (AvgIpc) is 2.50. The fourth-order valence-electron chi connectivity index (χ4n) is 2.09. The van der Waals surface area contributed by atoms with Crippen molar-refractivity contribution in [2.24, 2.45) is 0 Å². The molecule has 0 heterocycles. The molecule has 0 aliphatic heterocycles. The van der Waals surface area contributed by atoms with E-state index in [2.05, 4.69) is 4.74 Å². The summed E-state index contributed by atoms with van der Waals surface area (Å²) in [6.07, 6.45) is -1.38. The fraction of sp³-hybridized carbons (Fsp3) is 0.357. The molecular weight excluding hydrogens is 278 g/mol. The SMILES string of the molecule is CCc1c(C(=O)OC)cc(C(O)C#N)c(C(=O)O)c1OC. The molecule has 1 aromatic carbocycles. The maximum absolute atomic E-state index is 11.8. The summed E-state index contributed by atoms with van der Waals surface area (Å²) in [7, 11) is 2.43. The number of aromatic carboxylic acids is 1. The van der Waals surface area contributed by atoms with E-state index < -0.39 is 18.0 Å². The number of carboxylic acids is 1. The topological polar surface area (TPSA) is 117 Å². The van der Waals surface area contributed by atoms with Gasteiger partial charge in [0, 0.05) is 11.1 Å². The zero-order valence-electron chi connectivity index (χ0n) is 11.8. The Labute approximate surface area is 121 Å². The number of nitriles is 1. The Bertz CT molecular complexity index is 617. The summed E-state index contributed by atoms with van der Waals surface area (Å²) in [5.74, 6) is -2.12. The molecule has 1 atom stereocenters. The second-order valence-electron chi connectivity index (χ2n) is 4.08.